The average Bonchev–Trinajstić information content (AvgIpc) is 2.96. The molecule has 1 aromatic heterocycles. The number of para-hydroxylation sites is 2. The zero-order valence-corrected chi connectivity index (χ0v) is 12.4. The van der Waals surface area contributed by atoms with Crippen molar-refractivity contribution in [3.05, 3.63) is 54.1 Å². The minimum absolute atomic E-state index is 0.0101. The fourth-order valence-electron chi connectivity index (χ4n) is 1.91. The van der Waals surface area contributed by atoms with Gasteiger partial charge in [0, 0.05) is 5.56 Å². The molecule has 0 fully saturated rings. The summed E-state index contributed by atoms with van der Waals surface area (Å²) in [6.45, 7) is 0.0101. The molecule has 0 spiro atoms. The Bertz CT molecular complexity index is 817. The standard InChI is InChI=1S/C16H12N4OS/c17-9-10-21-14-7-3-1-5-12(14)11-18-20-16-19-13-6-2-4-8-15(13)22-16/h1-8,11H,10H2,(H,19,20)/b18-11+. The second kappa shape index (κ2) is 6.70. The van der Waals surface area contributed by atoms with Gasteiger partial charge in [-0.05, 0) is 24.3 Å². The normalized spacial score (nSPS) is 10.7. The van der Waals surface area contributed by atoms with Crippen molar-refractivity contribution in [1.82, 2.24) is 4.98 Å². The monoisotopic (exact) mass is 308 g/mol. The Kier molecular flexibility index (Phi) is 4.27. The summed E-state index contributed by atoms with van der Waals surface area (Å²) < 4.78 is 6.45. The summed E-state index contributed by atoms with van der Waals surface area (Å²) in [4.78, 5) is 4.44. The number of fused-ring (bicyclic) bond motifs is 1. The summed E-state index contributed by atoms with van der Waals surface area (Å²) in [6, 6.07) is 17.3. The van der Waals surface area contributed by atoms with Crippen LogP contribution in [0.15, 0.2) is 53.6 Å². The van der Waals surface area contributed by atoms with Crippen LogP contribution in [0.4, 0.5) is 5.13 Å². The first-order valence-electron chi connectivity index (χ1n) is 6.60. The van der Waals surface area contributed by atoms with Gasteiger partial charge in [0.2, 0.25) is 5.13 Å². The smallest absolute Gasteiger partial charge is 0.204 e. The molecule has 0 atom stereocenters. The van der Waals surface area contributed by atoms with E-state index in [9.17, 15) is 0 Å². The fraction of sp³-hybridized carbons (Fsp3) is 0.0625. The SMILES string of the molecule is N#CCOc1ccccc1/C=N/Nc1nc2ccccc2s1. The molecule has 0 saturated heterocycles. The van der Waals surface area contributed by atoms with Crippen LogP contribution in [0.5, 0.6) is 5.75 Å². The van der Waals surface area contributed by atoms with Crippen LogP contribution < -0.4 is 10.2 Å². The fourth-order valence-corrected chi connectivity index (χ4v) is 2.72. The third kappa shape index (κ3) is 3.22. The third-order valence-corrected chi connectivity index (χ3v) is 3.81. The summed E-state index contributed by atoms with van der Waals surface area (Å²) in [7, 11) is 0. The Morgan fingerprint density at radius 1 is 1.23 bits per heavy atom. The zero-order valence-electron chi connectivity index (χ0n) is 11.6. The Morgan fingerprint density at radius 3 is 2.91 bits per heavy atom. The summed E-state index contributed by atoms with van der Waals surface area (Å²) in [6.07, 6.45) is 1.65. The van der Waals surface area contributed by atoms with Gasteiger partial charge in [-0.1, -0.05) is 35.6 Å². The number of hydrogen-bond acceptors (Lipinski definition) is 6. The lowest BCUT2D eigenvalue weighted by molar-refractivity contribution is 0.367. The van der Waals surface area contributed by atoms with Gasteiger partial charge < -0.3 is 4.74 Å². The number of rotatable bonds is 5. The number of ether oxygens (including phenoxy) is 1. The van der Waals surface area contributed by atoms with Crippen LogP contribution in [0.3, 0.4) is 0 Å². The molecule has 108 valence electrons. The molecule has 2 aromatic carbocycles. The van der Waals surface area contributed by atoms with E-state index in [4.69, 9.17) is 10.00 Å². The molecule has 3 aromatic rings. The van der Waals surface area contributed by atoms with Crippen molar-refractivity contribution in [2.24, 2.45) is 5.10 Å². The largest absolute Gasteiger partial charge is 0.478 e. The van der Waals surface area contributed by atoms with E-state index >= 15 is 0 Å². The van der Waals surface area contributed by atoms with E-state index in [-0.39, 0.29) is 6.61 Å². The van der Waals surface area contributed by atoms with Gasteiger partial charge in [0.25, 0.3) is 0 Å². The van der Waals surface area contributed by atoms with Crippen LogP contribution in [-0.4, -0.2) is 17.8 Å². The van der Waals surface area contributed by atoms with Crippen LogP contribution in [0.2, 0.25) is 0 Å². The number of anilines is 1. The van der Waals surface area contributed by atoms with Crippen LogP contribution in [0, 0.1) is 11.3 Å². The van der Waals surface area contributed by atoms with Crippen LogP contribution in [0.1, 0.15) is 5.56 Å². The van der Waals surface area contributed by atoms with Crippen molar-refractivity contribution in [2.75, 3.05) is 12.0 Å². The van der Waals surface area contributed by atoms with E-state index in [2.05, 4.69) is 15.5 Å². The van der Waals surface area contributed by atoms with Gasteiger partial charge in [-0.15, -0.1) is 0 Å². The minimum Gasteiger partial charge on any atom is -0.478 e. The molecule has 0 saturated carbocycles. The molecule has 0 radical (unpaired) electrons. The highest BCUT2D eigenvalue weighted by atomic mass is 32.1. The van der Waals surface area contributed by atoms with Crippen LogP contribution in [-0.2, 0) is 0 Å². The number of thiazole rings is 1. The molecule has 0 amide bonds. The quantitative estimate of drug-likeness (QED) is 0.577. The van der Waals surface area contributed by atoms with Gasteiger partial charge in [0.05, 0.1) is 16.4 Å². The second-order valence-corrected chi connectivity index (χ2v) is 5.37. The molecule has 6 heteroatoms. The van der Waals surface area contributed by atoms with E-state index in [1.54, 1.807) is 23.6 Å². The maximum absolute atomic E-state index is 8.58. The summed E-state index contributed by atoms with van der Waals surface area (Å²) in [5.74, 6) is 0.624. The lowest BCUT2D eigenvalue weighted by Crippen LogP contribution is -1.98. The lowest BCUT2D eigenvalue weighted by Gasteiger charge is -2.04. The molecule has 0 aliphatic rings. The predicted octanol–water partition coefficient (Wildman–Crippen LogP) is 3.64. The van der Waals surface area contributed by atoms with Crippen molar-refractivity contribution < 1.29 is 4.74 Å². The molecular formula is C16H12N4OS. The first kappa shape index (κ1) is 14.0. The highest BCUT2D eigenvalue weighted by Gasteiger charge is 2.02. The second-order valence-electron chi connectivity index (χ2n) is 4.34. The molecule has 22 heavy (non-hydrogen) atoms. The predicted molar refractivity (Wildman–Crippen MR) is 88.4 cm³/mol. The summed E-state index contributed by atoms with van der Waals surface area (Å²) >= 11 is 1.54. The van der Waals surface area contributed by atoms with E-state index in [0.717, 1.165) is 20.9 Å². The molecular weight excluding hydrogens is 296 g/mol. The molecule has 0 bridgehead atoms. The van der Waals surface area contributed by atoms with E-state index in [1.165, 1.54) is 0 Å². The molecule has 0 aliphatic carbocycles. The minimum atomic E-state index is 0.0101. The van der Waals surface area contributed by atoms with E-state index < -0.39 is 0 Å². The number of nitrogens with zero attached hydrogens (tertiary/aromatic N) is 3. The molecule has 0 unspecified atom stereocenters. The molecule has 5 nitrogen and oxygen atoms in total. The lowest BCUT2D eigenvalue weighted by atomic mass is 10.2. The van der Waals surface area contributed by atoms with Crippen molar-refractivity contribution in [1.29, 1.82) is 5.26 Å². The maximum Gasteiger partial charge on any atom is 0.204 e. The van der Waals surface area contributed by atoms with Crippen molar-refractivity contribution in [2.45, 2.75) is 0 Å². The Morgan fingerprint density at radius 2 is 2.05 bits per heavy atom. The number of nitrogens with one attached hydrogen (secondary N) is 1. The van der Waals surface area contributed by atoms with E-state index in [0.29, 0.717) is 5.75 Å². The average molecular weight is 308 g/mol. The van der Waals surface area contributed by atoms with Crippen molar-refractivity contribution >= 4 is 32.9 Å². The van der Waals surface area contributed by atoms with Gasteiger partial charge in [0.15, 0.2) is 6.61 Å². The Balaban J connectivity index is 1.73. The number of hydrazone groups is 1. The first-order valence-corrected chi connectivity index (χ1v) is 7.42. The number of aromatic nitrogens is 1. The Labute approximate surface area is 131 Å². The van der Waals surface area contributed by atoms with Crippen molar-refractivity contribution in [3.8, 4) is 11.8 Å². The summed E-state index contributed by atoms with van der Waals surface area (Å²) in [5, 5.41) is 13.5. The van der Waals surface area contributed by atoms with Crippen LogP contribution in [0.25, 0.3) is 10.2 Å². The Hall–Kier alpha value is -2.91. The zero-order chi connectivity index (χ0) is 15.2. The topological polar surface area (TPSA) is 70.3 Å². The molecule has 1 heterocycles. The molecule has 3 rings (SSSR count). The third-order valence-electron chi connectivity index (χ3n) is 2.87. The number of nitriles is 1. The van der Waals surface area contributed by atoms with Gasteiger partial charge in [-0.3, -0.25) is 5.43 Å². The van der Waals surface area contributed by atoms with Crippen LogP contribution >= 0.6 is 11.3 Å². The van der Waals surface area contributed by atoms with Gasteiger partial charge in [-0.2, -0.15) is 10.4 Å². The van der Waals surface area contributed by atoms with Gasteiger partial charge >= 0.3 is 0 Å². The highest BCUT2D eigenvalue weighted by Crippen LogP contribution is 2.25. The molecule has 0 aliphatic heterocycles. The maximum atomic E-state index is 8.58. The van der Waals surface area contributed by atoms with Gasteiger partial charge in [-0.25, -0.2) is 4.98 Å². The number of benzene rings is 2. The highest BCUT2D eigenvalue weighted by molar-refractivity contribution is 7.22. The van der Waals surface area contributed by atoms with Crippen molar-refractivity contribution in [3.63, 3.8) is 0 Å². The van der Waals surface area contributed by atoms with Gasteiger partial charge in [0.1, 0.15) is 11.8 Å². The summed E-state index contributed by atoms with van der Waals surface area (Å²) in [5.41, 5.74) is 4.67. The number of hydrogen-bond donors (Lipinski definition) is 1. The molecule has 1 N–H and O–H groups in total. The van der Waals surface area contributed by atoms with E-state index in [1.807, 2.05) is 48.5 Å². The first-order chi connectivity index (χ1) is 10.9.